The summed E-state index contributed by atoms with van der Waals surface area (Å²) in [7, 11) is -4.15. The van der Waals surface area contributed by atoms with Crippen molar-refractivity contribution in [3.63, 3.8) is 0 Å². The van der Waals surface area contributed by atoms with Gasteiger partial charge in [-0.15, -0.1) is 0 Å². The molecule has 1 aliphatic rings. The minimum atomic E-state index is -4.15. The monoisotopic (exact) mass is 414 g/mol. The van der Waals surface area contributed by atoms with E-state index in [2.05, 4.69) is 10.0 Å². The van der Waals surface area contributed by atoms with Gasteiger partial charge in [0.1, 0.15) is 10.7 Å². The Balaban J connectivity index is 1.89. The fraction of sp³-hybridized carbons (Fsp3) is 0.556. The van der Waals surface area contributed by atoms with Gasteiger partial charge in [-0.2, -0.15) is 4.72 Å². The van der Waals surface area contributed by atoms with Gasteiger partial charge in [-0.3, -0.25) is 14.5 Å². The summed E-state index contributed by atoms with van der Waals surface area (Å²) in [6, 6.07) is 4.05. The average molecular weight is 415 g/mol. The van der Waals surface area contributed by atoms with Gasteiger partial charge in [0.25, 0.3) is 0 Å². The molecular weight excluding hydrogens is 387 g/mol. The number of piperazine rings is 1. The summed E-state index contributed by atoms with van der Waals surface area (Å²) in [6.45, 7) is 7.28. The minimum Gasteiger partial charge on any atom is -0.353 e. The maximum Gasteiger partial charge on any atom is 0.244 e. The fourth-order valence-corrected chi connectivity index (χ4v) is 4.26. The van der Waals surface area contributed by atoms with Gasteiger partial charge in [-0.25, -0.2) is 12.8 Å². The largest absolute Gasteiger partial charge is 0.353 e. The molecule has 28 heavy (non-hydrogen) atoms. The molecule has 0 aromatic heterocycles. The van der Waals surface area contributed by atoms with Gasteiger partial charge < -0.3 is 10.2 Å². The van der Waals surface area contributed by atoms with E-state index in [4.69, 9.17) is 0 Å². The first kappa shape index (κ1) is 22.3. The Morgan fingerprint density at radius 1 is 1.11 bits per heavy atom. The Hall–Kier alpha value is -2.04. The van der Waals surface area contributed by atoms with Crippen LogP contribution < -0.4 is 10.0 Å². The molecule has 1 atom stereocenters. The number of amides is 2. The zero-order valence-electron chi connectivity index (χ0n) is 16.3. The number of sulfonamides is 1. The summed E-state index contributed by atoms with van der Waals surface area (Å²) in [5, 5.41) is 2.82. The van der Waals surface area contributed by atoms with E-state index in [0.717, 1.165) is 12.1 Å². The van der Waals surface area contributed by atoms with Crippen molar-refractivity contribution in [3.05, 3.63) is 30.1 Å². The van der Waals surface area contributed by atoms with Crippen molar-refractivity contribution >= 4 is 21.8 Å². The SMILES string of the molecule is CC(C)NC(=O)CN1CCN(C(=O)[C@H](C)NS(=O)(=O)c2ccccc2F)CC1. The maximum atomic E-state index is 13.8. The summed E-state index contributed by atoms with van der Waals surface area (Å²) < 4.78 is 40.7. The first-order valence-electron chi connectivity index (χ1n) is 9.17. The van der Waals surface area contributed by atoms with E-state index in [1.807, 2.05) is 18.7 Å². The molecule has 1 fully saturated rings. The first-order valence-corrected chi connectivity index (χ1v) is 10.7. The Bertz CT molecular complexity index is 808. The molecule has 0 radical (unpaired) electrons. The molecule has 2 N–H and O–H groups in total. The topological polar surface area (TPSA) is 98.8 Å². The number of nitrogens with zero attached hydrogens (tertiary/aromatic N) is 2. The lowest BCUT2D eigenvalue weighted by Crippen LogP contribution is -2.55. The number of rotatable bonds is 7. The van der Waals surface area contributed by atoms with Crippen molar-refractivity contribution in [2.75, 3.05) is 32.7 Å². The number of hydrogen-bond acceptors (Lipinski definition) is 5. The third kappa shape index (κ3) is 5.98. The number of hydrogen-bond donors (Lipinski definition) is 2. The molecule has 8 nitrogen and oxygen atoms in total. The van der Waals surface area contributed by atoms with Crippen LogP contribution in [0.15, 0.2) is 29.2 Å². The van der Waals surface area contributed by atoms with Gasteiger partial charge in [0.2, 0.25) is 21.8 Å². The van der Waals surface area contributed by atoms with Crippen molar-refractivity contribution in [2.24, 2.45) is 0 Å². The van der Waals surface area contributed by atoms with E-state index in [0.29, 0.717) is 26.2 Å². The first-order chi connectivity index (χ1) is 13.1. The quantitative estimate of drug-likeness (QED) is 0.662. The van der Waals surface area contributed by atoms with Gasteiger partial charge in [-0.05, 0) is 32.9 Å². The lowest BCUT2D eigenvalue weighted by molar-refractivity contribution is -0.134. The number of halogens is 1. The highest BCUT2D eigenvalue weighted by Gasteiger charge is 2.29. The van der Waals surface area contributed by atoms with Crippen molar-refractivity contribution < 1.29 is 22.4 Å². The van der Waals surface area contributed by atoms with Gasteiger partial charge in [-0.1, -0.05) is 12.1 Å². The van der Waals surface area contributed by atoms with Crippen LogP contribution in [0.25, 0.3) is 0 Å². The minimum absolute atomic E-state index is 0.0682. The molecule has 0 saturated carbocycles. The van der Waals surface area contributed by atoms with Crippen LogP contribution in [-0.4, -0.2) is 74.8 Å². The molecule has 2 amide bonds. The number of carbonyl (C=O) groups excluding carboxylic acids is 2. The van der Waals surface area contributed by atoms with Gasteiger partial charge in [0.15, 0.2) is 0 Å². The molecule has 1 aliphatic heterocycles. The molecular formula is C18H27FN4O4S. The molecule has 1 saturated heterocycles. The molecule has 10 heteroatoms. The van der Waals surface area contributed by atoms with Crippen molar-refractivity contribution in [1.82, 2.24) is 19.8 Å². The highest BCUT2D eigenvalue weighted by molar-refractivity contribution is 7.89. The zero-order valence-corrected chi connectivity index (χ0v) is 17.1. The Kier molecular flexibility index (Phi) is 7.50. The highest BCUT2D eigenvalue weighted by Crippen LogP contribution is 2.14. The fourth-order valence-electron chi connectivity index (χ4n) is 2.98. The summed E-state index contributed by atoms with van der Waals surface area (Å²) in [6.07, 6.45) is 0. The number of nitrogens with one attached hydrogen (secondary N) is 2. The molecule has 2 rings (SSSR count). The van der Waals surface area contributed by atoms with Crippen LogP contribution >= 0.6 is 0 Å². The molecule has 1 aromatic rings. The van der Waals surface area contributed by atoms with Crippen LogP contribution in [-0.2, 0) is 19.6 Å². The van der Waals surface area contributed by atoms with Gasteiger partial charge in [0.05, 0.1) is 12.6 Å². The Morgan fingerprint density at radius 3 is 2.29 bits per heavy atom. The lowest BCUT2D eigenvalue weighted by atomic mass is 10.2. The highest BCUT2D eigenvalue weighted by atomic mass is 32.2. The summed E-state index contributed by atoms with van der Waals surface area (Å²) in [5.41, 5.74) is 0. The maximum absolute atomic E-state index is 13.8. The van der Waals surface area contributed by atoms with Crippen molar-refractivity contribution in [2.45, 2.75) is 37.8 Å². The van der Waals surface area contributed by atoms with Crippen LogP contribution in [0.3, 0.4) is 0 Å². The van der Waals surface area contributed by atoms with E-state index in [-0.39, 0.29) is 24.4 Å². The average Bonchev–Trinajstić information content (AvgIpc) is 2.60. The van der Waals surface area contributed by atoms with E-state index >= 15 is 0 Å². The zero-order chi connectivity index (χ0) is 20.9. The van der Waals surface area contributed by atoms with E-state index < -0.39 is 26.8 Å². The molecule has 1 heterocycles. The Morgan fingerprint density at radius 2 is 1.71 bits per heavy atom. The second kappa shape index (κ2) is 9.44. The van der Waals surface area contributed by atoms with E-state index in [1.165, 1.54) is 19.1 Å². The summed E-state index contributed by atoms with van der Waals surface area (Å²) in [5.74, 6) is -1.32. The second-order valence-corrected chi connectivity index (χ2v) is 8.78. The standard InChI is InChI=1S/C18H27FN4O4S/c1-13(2)20-17(24)12-22-8-10-23(11-9-22)18(25)14(3)21-28(26,27)16-7-5-4-6-15(16)19/h4-7,13-14,21H,8-12H2,1-3H3,(H,20,24)/t14-/m0/s1. The van der Waals surface area contributed by atoms with Gasteiger partial charge >= 0.3 is 0 Å². The predicted molar refractivity (Wildman–Crippen MR) is 102 cm³/mol. The van der Waals surface area contributed by atoms with Gasteiger partial charge in [0, 0.05) is 32.2 Å². The van der Waals surface area contributed by atoms with Crippen LogP contribution in [0, 0.1) is 5.82 Å². The van der Waals surface area contributed by atoms with Crippen LogP contribution in [0.2, 0.25) is 0 Å². The summed E-state index contributed by atoms with van der Waals surface area (Å²) >= 11 is 0. The van der Waals surface area contributed by atoms with Crippen molar-refractivity contribution in [1.29, 1.82) is 0 Å². The van der Waals surface area contributed by atoms with Crippen LogP contribution in [0.5, 0.6) is 0 Å². The van der Waals surface area contributed by atoms with E-state index in [9.17, 15) is 22.4 Å². The lowest BCUT2D eigenvalue weighted by Gasteiger charge is -2.35. The molecule has 0 spiro atoms. The molecule has 156 valence electrons. The molecule has 1 aromatic carbocycles. The summed E-state index contributed by atoms with van der Waals surface area (Å²) in [4.78, 5) is 27.4. The third-order valence-electron chi connectivity index (χ3n) is 4.33. The molecule has 0 aliphatic carbocycles. The smallest absolute Gasteiger partial charge is 0.244 e. The number of benzene rings is 1. The number of carbonyl (C=O) groups is 2. The van der Waals surface area contributed by atoms with Crippen molar-refractivity contribution in [3.8, 4) is 0 Å². The second-order valence-electron chi connectivity index (χ2n) is 7.10. The Labute approximate surface area is 165 Å². The van der Waals surface area contributed by atoms with Crippen LogP contribution in [0.4, 0.5) is 4.39 Å². The predicted octanol–water partition coefficient (Wildman–Crippen LogP) is 0.161. The third-order valence-corrected chi connectivity index (χ3v) is 5.90. The molecule has 0 bridgehead atoms. The van der Waals surface area contributed by atoms with Crippen LogP contribution in [0.1, 0.15) is 20.8 Å². The molecule has 0 unspecified atom stereocenters. The van der Waals surface area contributed by atoms with E-state index in [1.54, 1.807) is 4.90 Å². The normalized spacial score (nSPS) is 16.8.